The van der Waals surface area contributed by atoms with Crippen molar-refractivity contribution in [1.29, 1.82) is 0 Å². The zero-order chi connectivity index (χ0) is 19.7. The number of rotatable bonds is 6. The van der Waals surface area contributed by atoms with Gasteiger partial charge in [0, 0.05) is 46.5 Å². The molecule has 160 valence electrons. The molecule has 6 nitrogen and oxygen atoms in total. The van der Waals surface area contributed by atoms with Crippen LogP contribution in [0.4, 0.5) is 5.82 Å². The zero-order valence-electron chi connectivity index (χ0n) is 18.1. The topological polar surface area (TPSA) is 61.8 Å². The molecule has 28 heavy (non-hydrogen) atoms. The first-order chi connectivity index (χ1) is 12.9. The summed E-state index contributed by atoms with van der Waals surface area (Å²) in [5.74, 6) is 1.87. The summed E-state index contributed by atoms with van der Waals surface area (Å²) in [5.41, 5.74) is 1.23. The molecule has 1 atom stereocenters. The van der Waals surface area contributed by atoms with Crippen molar-refractivity contribution in [3.8, 4) is 0 Å². The minimum absolute atomic E-state index is 0. The highest BCUT2D eigenvalue weighted by molar-refractivity contribution is 14.0. The standard InChI is InChI=1S/C21H37N5O.HI/c1-21(2,3)18(27-5)16-25-20(22-4)24-15-17-10-11-19(23-14-17)26-12-8-6-7-9-13-26;/h10-11,14,18H,6-9,12-13,15-16H2,1-5H3,(H2,22,24,25);1H. The molecule has 2 rings (SSSR count). The summed E-state index contributed by atoms with van der Waals surface area (Å²) in [6.07, 6.45) is 7.29. The maximum absolute atomic E-state index is 5.59. The number of anilines is 1. The van der Waals surface area contributed by atoms with Gasteiger partial charge >= 0.3 is 0 Å². The SMILES string of the molecule is CN=C(NCc1ccc(N2CCCCCC2)nc1)NCC(OC)C(C)(C)C.I. The summed E-state index contributed by atoms with van der Waals surface area (Å²) in [6, 6.07) is 4.29. The number of nitrogens with zero attached hydrogens (tertiary/aromatic N) is 3. The van der Waals surface area contributed by atoms with Crippen LogP contribution < -0.4 is 15.5 Å². The first-order valence-corrected chi connectivity index (χ1v) is 10.1. The van der Waals surface area contributed by atoms with Gasteiger partial charge in [-0.15, -0.1) is 24.0 Å². The number of nitrogens with one attached hydrogen (secondary N) is 2. The van der Waals surface area contributed by atoms with Gasteiger partial charge in [0.05, 0.1) is 6.10 Å². The lowest BCUT2D eigenvalue weighted by atomic mass is 9.89. The molecule has 1 unspecified atom stereocenters. The fourth-order valence-corrected chi connectivity index (χ4v) is 3.35. The van der Waals surface area contributed by atoms with Crippen LogP contribution in [0.5, 0.6) is 0 Å². The monoisotopic (exact) mass is 503 g/mol. The normalized spacial score (nSPS) is 16.8. The fourth-order valence-electron chi connectivity index (χ4n) is 3.35. The van der Waals surface area contributed by atoms with Gasteiger partial charge in [-0.2, -0.15) is 0 Å². The quantitative estimate of drug-likeness (QED) is 0.351. The maximum Gasteiger partial charge on any atom is 0.191 e. The Morgan fingerprint density at radius 1 is 1.18 bits per heavy atom. The Bertz CT molecular complexity index is 577. The summed E-state index contributed by atoms with van der Waals surface area (Å²) in [7, 11) is 3.54. The number of methoxy groups -OCH3 is 1. The number of halogens is 1. The third-order valence-corrected chi connectivity index (χ3v) is 5.13. The van der Waals surface area contributed by atoms with Crippen molar-refractivity contribution in [3.63, 3.8) is 0 Å². The van der Waals surface area contributed by atoms with E-state index in [1.165, 1.54) is 25.7 Å². The molecule has 1 aliphatic heterocycles. The minimum Gasteiger partial charge on any atom is -0.379 e. The van der Waals surface area contributed by atoms with Crippen LogP contribution in [0.15, 0.2) is 23.3 Å². The molecule has 0 bridgehead atoms. The van der Waals surface area contributed by atoms with Crippen molar-refractivity contribution in [2.45, 2.75) is 59.1 Å². The smallest absolute Gasteiger partial charge is 0.191 e. The van der Waals surface area contributed by atoms with Crippen LogP contribution in [0, 0.1) is 5.41 Å². The third-order valence-electron chi connectivity index (χ3n) is 5.13. The highest BCUT2D eigenvalue weighted by Gasteiger charge is 2.24. The van der Waals surface area contributed by atoms with E-state index in [9.17, 15) is 0 Å². The highest BCUT2D eigenvalue weighted by Crippen LogP contribution is 2.21. The Labute approximate surface area is 187 Å². The van der Waals surface area contributed by atoms with Crippen LogP contribution in [-0.4, -0.2) is 50.8 Å². The lowest BCUT2D eigenvalue weighted by molar-refractivity contribution is 0.0205. The van der Waals surface area contributed by atoms with E-state index >= 15 is 0 Å². The van der Waals surface area contributed by atoms with E-state index in [-0.39, 0.29) is 35.5 Å². The third kappa shape index (κ3) is 8.11. The highest BCUT2D eigenvalue weighted by atomic mass is 127. The van der Waals surface area contributed by atoms with Crippen molar-refractivity contribution < 1.29 is 4.74 Å². The van der Waals surface area contributed by atoms with Crippen LogP contribution in [0.1, 0.15) is 52.0 Å². The molecule has 1 aromatic heterocycles. The molecule has 2 heterocycles. The molecule has 1 saturated heterocycles. The zero-order valence-corrected chi connectivity index (χ0v) is 20.5. The van der Waals surface area contributed by atoms with Crippen LogP contribution >= 0.6 is 24.0 Å². The van der Waals surface area contributed by atoms with Gasteiger partial charge in [0.15, 0.2) is 5.96 Å². The van der Waals surface area contributed by atoms with E-state index in [4.69, 9.17) is 4.74 Å². The average Bonchev–Trinajstić information content (AvgIpc) is 2.93. The fraction of sp³-hybridized carbons (Fsp3) is 0.714. The van der Waals surface area contributed by atoms with Gasteiger partial charge in [-0.3, -0.25) is 4.99 Å². The van der Waals surface area contributed by atoms with Gasteiger partial charge in [-0.25, -0.2) is 4.98 Å². The van der Waals surface area contributed by atoms with Crippen LogP contribution in [0.3, 0.4) is 0 Å². The second-order valence-electron chi connectivity index (χ2n) is 8.32. The van der Waals surface area contributed by atoms with E-state index in [1.807, 2.05) is 6.20 Å². The van der Waals surface area contributed by atoms with E-state index in [0.717, 1.165) is 30.4 Å². The average molecular weight is 503 g/mol. The number of aliphatic imine (C=N–C) groups is 1. The number of hydrogen-bond donors (Lipinski definition) is 2. The number of ether oxygens (including phenoxy) is 1. The van der Waals surface area contributed by atoms with Gasteiger partial charge in [0.1, 0.15) is 5.82 Å². The molecule has 7 heteroatoms. The summed E-state index contributed by atoms with van der Waals surface area (Å²) in [6.45, 7) is 10.2. The molecule has 0 radical (unpaired) electrons. The molecular weight excluding hydrogens is 465 g/mol. The lowest BCUT2D eigenvalue weighted by Crippen LogP contribution is -2.45. The molecule has 1 aromatic rings. The Morgan fingerprint density at radius 2 is 1.86 bits per heavy atom. The Morgan fingerprint density at radius 3 is 2.36 bits per heavy atom. The number of hydrogen-bond acceptors (Lipinski definition) is 4. The molecular formula is C21H38IN5O. The number of guanidine groups is 1. The van der Waals surface area contributed by atoms with Crippen LogP contribution in [-0.2, 0) is 11.3 Å². The molecule has 0 amide bonds. The number of aromatic nitrogens is 1. The molecule has 1 aliphatic rings. The summed E-state index contributed by atoms with van der Waals surface area (Å²) < 4.78 is 5.59. The van der Waals surface area contributed by atoms with Crippen molar-refractivity contribution in [1.82, 2.24) is 15.6 Å². The van der Waals surface area contributed by atoms with Crippen molar-refractivity contribution in [3.05, 3.63) is 23.9 Å². The molecule has 0 saturated carbocycles. The summed E-state index contributed by atoms with van der Waals surface area (Å²) in [4.78, 5) is 11.4. The molecule has 0 aromatic carbocycles. The molecule has 2 N–H and O–H groups in total. The Balaban J connectivity index is 0.00000392. The lowest BCUT2D eigenvalue weighted by Gasteiger charge is -2.30. The molecule has 0 spiro atoms. The Kier molecular flexibility index (Phi) is 11.1. The number of pyridine rings is 1. The van der Waals surface area contributed by atoms with Crippen molar-refractivity contribution in [2.24, 2.45) is 10.4 Å². The predicted molar refractivity (Wildman–Crippen MR) is 129 cm³/mol. The minimum atomic E-state index is 0. The first-order valence-electron chi connectivity index (χ1n) is 10.1. The van der Waals surface area contributed by atoms with Gasteiger partial charge in [-0.05, 0) is 29.9 Å². The van der Waals surface area contributed by atoms with Crippen molar-refractivity contribution in [2.75, 3.05) is 38.7 Å². The summed E-state index contributed by atoms with van der Waals surface area (Å²) in [5, 5.41) is 6.71. The van der Waals surface area contributed by atoms with E-state index in [2.05, 4.69) is 58.4 Å². The van der Waals surface area contributed by atoms with Gasteiger partial charge in [-0.1, -0.05) is 39.7 Å². The van der Waals surface area contributed by atoms with Gasteiger partial charge in [0.2, 0.25) is 0 Å². The predicted octanol–water partition coefficient (Wildman–Crippen LogP) is 3.81. The van der Waals surface area contributed by atoms with Crippen LogP contribution in [0.25, 0.3) is 0 Å². The van der Waals surface area contributed by atoms with E-state index < -0.39 is 0 Å². The first kappa shape index (κ1) is 24.9. The van der Waals surface area contributed by atoms with Crippen molar-refractivity contribution >= 4 is 35.8 Å². The van der Waals surface area contributed by atoms with E-state index in [1.54, 1.807) is 14.2 Å². The largest absolute Gasteiger partial charge is 0.379 e. The summed E-state index contributed by atoms with van der Waals surface area (Å²) >= 11 is 0. The van der Waals surface area contributed by atoms with Crippen LogP contribution in [0.2, 0.25) is 0 Å². The van der Waals surface area contributed by atoms with Gasteiger partial charge < -0.3 is 20.3 Å². The van der Waals surface area contributed by atoms with Gasteiger partial charge in [0.25, 0.3) is 0 Å². The maximum atomic E-state index is 5.59. The molecule has 0 aliphatic carbocycles. The second-order valence-corrected chi connectivity index (χ2v) is 8.32. The Hall–Kier alpha value is -1.09. The second kappa shape index (κ2) is 12.5. The van der Waals surface area contributed by atoms with E-state index in [0.29, 0.717) is 13.1 Å². The molecule has 1 fully saturated rings.